The summed E-state index contributed by atoms with van der Waals surface area (Å²) in [4.78, 5) is 18.3. The van der Waals surface area contributed by atoms with Gasteiger partial charge < -0.3 is 19.1 Å². The van der Waals surface area contributed by atoms with E-state index in [0.717, 1.165) is 22.7 Å². The topological polar surface area (TPSA) is 91.4 Å². The normalized spacial score (nSPS) is 12.4. The molecule has 2 heterocycles. The SMILES string of the molecule is C[Si](C)(C)CCOCn1cc(OCc2ccccc2)c(=O)c(-c2nccn2CC(O)C(c2ccccc2)c2ccccc2)n1. The van der Waals surface area contributed by atoms with Crippen molar-refractivity contribution in [2.45, 2.75) is 57.6 Å². The lowest BCUT2D eigenvalue weighted by Gasteiger charge is -2.25. The van der Waals surface area contributed by atoms with Crippen LogP contribution < -0.4 is 10.2 Å². The van der Waals surface area contributed by atoms with Crippen LogP contribution in [0.5, 0.6) is 5.75 Å². The molecule has 5 aromatic rings. The Kier molecular flexibility index (Phi) is 10.2. The minimum atomic E-state index is -1.27. The van der Waals surface area contributed by atoms with Crippen LogP contribution in [0, 0.1) is 0 Å². The standard InChI is InChI=1S/C35H40N4O4Si/c1-44(2,3)22-21-42-26-39-24-31(43-25-27-13-7-4-8-14-27)34(41)33(37-39)35-36-19-20-38(35)23-30(40)32(28-15-9-5-10-16-28)29-17-11-6-12-18-29/h4-20,24,30,32,40H,21-23,25-26H2,1-3H3. The highest BCUT2D eigenvalue weighted by molar-refractivity contribution is 6.76. The first-order valence-electron chi connectivity index (χ1n) is 14.9. The minimum Gasteiger partial charge on any atom is -0.483 e. The Balaban J connectivity index is 1.45. The van der Waals surface area contributed by atoms with Gasteiger partial charge in [0.1, 0.15) is 13.3 Å². The molecule has 0 saturated heterocycles. The summed E-state index contributed by atoms with van der Waals surface area (Å²) in [6, 6.07) is 30.6. The maximum atomic E-state index is 13.8. The summed E-state index contributed by atoms with van der Waals surface area (Å²) < 4.78 is 15.4. The number of hydrogen-bond donors (Lipinski definition) is 1. The molecular formula is C35H40N4O4Si. The number of ether oxygens (including phenoxy) is 2. The Hall–Kier alpha value is -4.31. The van der Waals surface area contributed by atoms with Gasteiger partial charge in [-0.3, -0.25) is 4.79 Å². The molecule has 1 unspecified atom stereocenters. The molecule has 0 bridgehead atoms. The number of aliphatic hydroxyl groups excluding tert-OH is 1. The summed E-state index contributed by atoms with van der Waals surface area (Å²) in [5.41, 5.74) is 2.71. The summed E-state index contributed by atoms with van der Waals surface area (Å²) >= 11 is 0. The monoisotopic (exact) mass is 608 g/mol. The molecule has 9 heteroatoms. The number of hydrogen-bond acceptors (Lipinski definition) is 6. The zero-order valence-electron chi connectivity index (χ0n) is 25.5. The number of aliphatic hydroxyl groups is 1. The maximum Gasteiger partial charge on any atom is 0.253 e. The van der Waals surface area contributed by atoms with Gasteiger partial charge in [-0.15, -0.1) is 0 Å². The number of benzene rings is 3. The molecule has 5 rings (SSSR count). The van der Waals surface area contributed by atoms with Gasteiger partial charge in [0.05, 0.1) is 18.8 Å². The second-order valence-electron chi connectivity index (χ2n) is 12.1. The van der Waals surface area contributed by atoms with Crippen LogP contribution >= 0.6 is 0 Å². The zero-order chi connectivity index (χ0) is 30.9. The van der Waals surface area contributed by atoms with Gasteiger partial charge in [-0.1, -0.05) is 111 Å². The predicted octanol–water partition coefficient (Wildman–Crippen LogP) is 6.19. The summed E-state index contributed by atoms with van der Waals surface area (Å²) in [7, 11) is -1.27. The van der Waals surface area contributed by atoms with E-state index in [1.54, 1.807) is 27.8 Å². The molecule has 3 aromatic carbocycles. The second-order valence-corrected chi connectivity index (χ2v) is 17.7. The van der Waals surface area contributed by atoms with Crippen molar-refractivity contribution < 1.29 is 14.6 Å². The molecule has 228 valence electrons. The van der Waals surface area contributed by atoms with Crippen LogP contribution in [0.25, 0.3) is 11.5 Å². The van der Waals surface area contributed by atoms with E-state index in [2.05, 4.69) is 29.7 Å². The summed E-state index contributed by atoms with van der Waals surface area (Å²) in [6.07, 6.45) is 4.17. The van der Waals surface area contributed by atoms with Crippen molar-refractivity contribution in [2.24, 2.45) is 0 Å². The third kappa shape index (κ3) is 8.19. The van der Waals surface area contributed by atoms with Crippen LogP contribution in [0.4, 0.5) is 0 Å². The highest BCUT2D eigenvalue weighted by Crippen LogP contribution is 2.29. The molecule has 0 aliphatic rings. The Morgan fingerprint density at radius 3 is 2.11 bits per heavy atom. The van der Waals surface area contributed by atoms with Crippen molar-refractivity contribution in [3.63, 3.8) is 0 Å². The van der Waals surface area contributed by atoms with E-state index in [1.165, 1.54) is 0 Å². The van der Waals surface area contributed by atoms with Gasteiger partial charge >= 0.3 is 0 Å². The molecular weight excluding hydrogens is 568 g/mol. The van der Waals surface area contributed by atoms with Crippen LogP contribution in [-0.2, 0) is 24.6 Å². The fourth-order valence-electron chi connectivity index (χ4n) is 5.04. The Morgan fingerprint density at radius 1 is 0.886 bits per heavy atom. The van der Waals surface area contributed by atoms with Gasteiger partial charge in [-0.05, 0) is 22.7 Å². The van der Waals surface area contributed by atoms with Crippen LogP contribution in [0.15, 0.2) is 114 Å². The van der Waals surface area contributed by atoms with E-state index in [1.807, 2.05) is 91.0 Å². The molecule has 0 radical (unpaired) electrons. The van der Waals surface area contributed by atoms with Gasteiger partial charge in [-0.25, -0.2) is 9.67 Å². The van der Waals surface area contributed by atoms with Crippen LogP contribution in [0.2, 0.25) is 25.7 Å². The predicted molar refractivity (Wildman–Crippen MR) is 175 cm³/mol. The molecule has 0 spiro atoms. The van der Waals surface area contributed by atoms with Crippen LogP contribution in [0.1, 0.15) is 22.6 Å². The van der Waals surface area contributed by atoms with Gasteiger partial charge in [0, 0.05) is 33.0 Å². The van der Waals surface area contributed by atoms with Gasteiger partial charge in [0.15, 0.2) is 17.3 Å². The molecule has 0 aliphatic carbocycles. The highest BCUT2D eigenvalue weighted by Gasteiger charge is 2.26. The van der Waals surface area contributed by atoms with Crippen molar-refractivity contribution >= 4 is 8.07 Å². The molecule has 0 fully saturated rings. The minimum absolute atomic E-state index is 0.137. The zero-order valence-corrected chi connectivity index (χ0v) is 26.5. The lowest BCUT2D eigenvalue weighted by atomic mass is 9.86. The van der Waals surface area contributed by atoms with E-state index < -0.39 is 14.2 Å². The molecule has 44 heavy (non-hydrogen) atoms. The third-order valence-electron chi connectivity index (χ3n) is 7.40. The lowest BCUT2D eigenvalue weighted by molar-refractivity contribution is 0.0766. The van der Waals surface area contributed by atoms with E-state index in [0.29, 0.717) is 12.4 Å². The quantitative estimate of drug-likeness (QED) is 0.119. The highest BCUT2D eigenvalue weighted by atomic mass is 28.3. The molecule has 0 amide bonds. The molecule has 1 atom stereocenters. The van der Waals surface area contributed by atoms with E-state index >= 15 is 0 Å². The molecule has 8 nitrogen and oxygen atoms in total. The van der Waals surface area contributed by atoms with Crippen molar-refractivity contribution in [3.8, 4) is 17.3 Å². The number of nitrogens with zero attached hydrogens (tertiary/aromatic N) is 4. The largest absolute Gasteiger partial charge is 0.483 e. The van der Waals surface area contributed by atoms with Gasteiger partial charge in [-0.2, -0.15) is 5.10 Å². The van der Waals surface area contributed by atoms with E-state index in [-0.39, 0.29) is 42.7 Å². The average Bonchev–Trinajstić information content (AvgIpc) is 3.48. The Labute approximate surface area is 259 Å². The molecule has 2 aromatic heterocycles. The smallest absolute Gasteiger partial charge is 0.253 e. The molecule has 1 N–H and O–H groups in total. The van der Waals surface area contributed by atoms with Crippen molar-refractivity contribution in [1.82, 2.24) is 19.3 Å². The summed E-state index contributed by atoms with van der Waals surface area (Å²) in [5, 5.41) is 16.3. The van der Waals surface area contributed by atoms with Crippen LogP contribution in [-0.4, -0.2) is 45.2 Å². The first-order valence-corrected chi connectivity index (χ1v) is 18.6. The van der Waals surface area contributed by atoms with Crippen LogP contribution in [0.3, 0.4) is 0 Å². The Bertz CT molecular complexity index is 1630. The Morgan fingerprint density at radius 2 is 1.50 bits per heavy atom. The number of aromatic nitrogens is 4. The molecule has 0 aliphatic heterocycles. The third-order valence-corrected chi connectivity index (χ3v) is 9.11. The van der Waals surface area contributed by atoms with Crippen molar-refractivity contribution in [3.05, 3.63) is 136 Å². The van der Waals surface area contributed by atoms with E-state index in [4.69, 9.17) is 9.47 Å². The summed E-state index contributed by atoms with van der Waals surface area (Å²) in [6.45, 7) is 8.13. The fourth-order valence-corrected chi connectivity index (χ4v) is 5.80. The number of imidazole rings is 1. The second kappa shape index (κ2) is 14.4. The summed E-state index contributed by atoms with van der Waals surface area (Å²) in [5.74, 6) is 0.238. The first kappa shape index (κ1) is 31.1. The fraction of sp³-hybridized carbons (Fsp3) is 0.286. The van der Waals surface area contributed by atoms with Gasteiger partial charge in [0.25, 0.3) is 5.43 Å². The van der Waals surface area contributed by atoms with Crippen molar-refractivity contribution in [2.75, 3.05) is 6.61 Å². The van der Waals surface area contributed by atoms with Gasteiger partial charge in [0.2, 0.25) is 0 Å². The average molecular weight is 609 g/mol. The number of rotatable bonds is 14. The first-order chi connectivity index (χ1) is 21.3. The van der Waals surface area contributed by atoms with Crippen molar-refractivity contribution in [1.29, 1.82) is 0 Å². The molecule has 0 saturated carbocycles. The van der Waals surface area contributed by atoms with E-state index in [9.17, 15) is 9.90 Å². The lowest BCUT2D eigenvalue weighted by Crippen LogP contribution is -2.27. The maximum absolute atomic E-state index is 13.8.